The van der Waals surface area contributed by atoms with Gasteiger partial charge in [-0.3, -0.25) is 0 Å². The van der Waals surface area contributed by atoms with Crippen LogP contribution in [0.15, 0.2) is 0 Å². The molecule has 3 heteroatoms. The quantitative estimate of drug-likeness (QED) is 0.442. The van der Waals surface area contributed by atoms with Crippen molar-refractivity contribution in [3.8, 4) is 0 Å². The number of rotatable bonds is 12. The average molecular weight is 284 g/mol. The van der Waals surface area contributed by atoms with E-state index in [2.05, 4.69) is 12.2 Å². The van der Waals surface area contributed by atoms with Gasteiger partial charge in [0.2, 0.25) is 0 Å². The van der Waals surface area contributed by atoms with E-state index < -0.39 is 0 Å². The fraction of sp³-hybridized carbons (Fsp3) is 0.941. The zero-order valence-electron chi connectivity index (χ0n) is 13.4. The number of ether oxygens (including phenoxy) is 1. The van der Waals surface area contributed by atoms with E-state index in [0.29, 0.717) is 6.61 Å². The average Bonchev–Trinajstić information content (AvgIpc) is 2.99. The van der Waals surface area contributed by atoms with E-state index in [1.807, 2.05) is 0 Å². The largest absolute Gasteiger partial charge is 0.461 e. The highest BCUT2D eigenvalue weighted by Crippen LogP contribution is 2.10. The van der Waals surface area contributed by atoms with Gasteiger partial charge in [-0.25, -0.2) is 4.79 Å². The molecule has 1 heterocycles. The van der Waals surface area contributed by atoms with Crippen LogP contribution in [0.2, 0.25) is 0 Å². The first kappa shape index (κ1) is 17.5. The molecule has 0 spiro atoms. The highest BCUT2D eigenvalue weighted by Gasteiger charge is 2.27. The Kier molecular flexibility index (Phi) is 10.7. The zero-order valence-corrected chi connectivity index (χ0v) is 13.4. The fourth-order valence-electron chi connectivity index (χ4n) is 2.86. The molecule has 0 radical (unpaired) electrons. The van der Waals surface area contributed by atoms with Gasteiger partial charge in [-0.2, -0.15) is 0 Å². The SMILES string of the molecule is CCCCCCCCCCCCOC(=O)C1CCC[NH2+]1. The normalized spacial score (nSPS) is 18.4. The minimum atomic E-state index is 0.0124. The molecular weight excluding hydrogens is 250 g/mol. The summed E-state index contributed by atoms with van der Waals surface area (Å²) in [6.07, 6.45) is 15.3. The van der Waals surface area contributed by atoms with E-state index in [4.69, 9.17) is 4.74 Å². The van der Waals surface area contributed by atoms with Crippen LogP contribution in [-0.2, 0) is 9.53 Å². The third-order valence-electron chi connectivity index (χ3n) is 4.22. The van der Waals surface area contributed by atoms with Crippen LogP contribution in [0.3, 0.4) is 0 Å². The van der Waals surface area contributed by atoms with E-state index in [0.717, 1.165) is 25.8 Å². The van der Waals surface area contributed by atoms with Gasteiger partial charge in [0, 0.05) is 12.8 Å². The van der Waals surface area contributed by atoms with Crippen LogP contribution >= 0.6 is 0 Å². The molecule has 1 atom stereocenters. The van der Waals surface area contributed by atoms with Gasteiger partial charge in [-0.05, 0) is 6.42 Å². The number of nitrogens with two attached hydrogens (primary N) is 1. The molecule has 1 unspecified atom stereocenters. The summed E-state index contributed by atoms with van der Waals surface area (Å²) in [6, 6.07) is 0.0955. The van der Waals surface area contributed by atoms with Crippen molar-refractivity contribution in [3.05, 3.63) is 0 Å². The fourth-order valence-corrected chi connectivity index (χ4v) is 2.86. The number of hydrogen-bond donors (Lipinski definition) is 1. The van der Waals surface area contributed by atoms with Crippen molar-refractivity contribution in [2.45, 2.75) is 90.0 Å². The van der Waals surface area contributed by atoms with Gasteiger partial charge in [-0.15, -0.1) is 0 Å². The number of carbonyl (C=O) groups excluding carboxylic acids is 1. The lowest BCUT2D eigenvalue weighted by Gasteiger charge is -2.07. The van der Waals surface area contributed by atoms with E-state index in [1.165, 1.54) is 57.8 Å². The Morgan fingerprint density at radius 2 is 1.60 bits per heavy atom. The smallest absolute Gasteiger partial charge is 0.364 e. The van der Waals surface area contributed by atoms with E-state index >= 15 is 0 Å². The predicted molar refractivity (Wildman–Crippen MR) is 82.6 cm³/mol. The van der Waals surface area contributed by atoms with E-state index in [9.17, 15) is 4.79 Å². The van der Waals surface area contributed by atoms with Crippen LogP contribution in [-0.4, -0.2) is 25.2 Å². The third kappa shape index (κ3) is 8.57. The molecule has 0 aromatic rings. The molecule has 0 aromatic carbocycles. The molecule has 3 nitrogen and oxygen atoms in total. The molecular formula is C17H34NO2+. The van der Waals surface area contributed by atoms with Crippen molar-refractivity contribution in [2.75, 3.05) is 13.2 Å². The molecule has 2 N–H and O–H groups in total. The highest BCUT2D eigenvalue weighted by atomic mass is 16.5. The molecule has 0 aromatic heterocycles. The van der Waals surface area contributed by atoms with Gasteiger partial charge in [0.1, 0.15) is 0 Å². The zero-order chi connectivity index (χ0) is 14.5. The van der Waals surface area contributed by atoms with Gasteiger partial charge < -0.3 is 10.1 Å². The summed E-state index contributed by atoms with van der Waals surface area (Å²) in [6.45, 7) is 3.97. The molecule has 1 aliphatic heterocycles. The van der Waals surface area contributed by atoms with Gasteiger partial charge >= 0.3 is 5.97 Å². The second-order valence-corrected chi connectivity index (χ2v) is 6.12. The molecule has 118 valence electrons. The lowest BCUT2D eigenvalue weighted by Crippen LogP contribution is -2.88. The molecule has 1 saturated heterocycles. The molecule has 1 aliphatic rings. The minimum Gasteiger partial charge on any atom is -0.461 e. The maximum absolute atomic E-state index is 11.7. The van der Waals surface area contributed by atoms with Crippen molar-refractivity contribution < 1.29 is 14.8 Å². The summed E-state index contributed by atoms with van der Waals surface area (Å²) in [4.78, 5) is 11.7. The van der Waals surface area contributed by atoms with Crippen molar-refractivity contribution in [1.29, 1.82) is 0 Å². The number of quaternary nitrogens is 1. The molecule has 0 bridgehead atoms. The third-order valence-corrected chi connectivity index (χ3v) is 4.22. The summed E-state index contributed by atoms with van der Waals surface area (Å²) < 4.78 is 5.33. The molecule has 1 rings (SSSR count). The molecule has 1 fully saturated rings. The van der Waals surface area contributed by atoms with Gasteiger partial charge in [0.05, 0.1) is 13.2 Å². The Hall–Kier alpha value is -0.570. The number of esters is 1. The lowest BCUT2D eigenvalue weighted by molar-refractivity contribution is -0.658. The number of hydrogen-bond acceptors (Lipinski definition) is 2. The predicted octanol–water partition coefficient (Wildman–Crippen LogP) is 3.18. The highest BCUT2D eigenvalue weighted by molar-refractivity contribution is 5.74. The summed E-state index contributed by atoms with van der Waals surface area (Å²) in [7, 11) is 0. The first-order valence-electron chi connectivity index (χ1n) is 8.84. The van der Waals surface area contributed by atoms with Crippen LogP contribution < -0.4 is 5.32 Å². The molecule has 0 aliphatic carbocycles. The molecule has 20 heavy (non-hydrogen) atoms. The van der Waals surface area contributed by atoms with Crippen LogP contribution in [0.25, 0.3) is 0 Å². The summed E-state index contributed by atoms with van der Waals surface area (Å²) in [5.41, 5.74) is 0. The van der Waals surface area contributed by atoms with Crippen molar-refractivity contribution in [1.82, 2.24) is 0 Å². The van der Waals surface area contributed by atoms with Crippen molar-refractivity contribution in [3.63, 3.8) is 0 Å². The Labute approximate surface area is 124 Å². The number of unbranched alkanes of at least 4 members (excludes halogenated alkanes) is 9. The monoisotopic (exact) mass is 284 g/mol. The first-order chi connectivity index (χ1) is 9.84. The van der Waals surface area contributed by atoms with Gasteiger partial charge in [0.15, 0.2) is 6.04 Å². The van der Waals surface area contributed by atoms with Gasteiger partial charge in [0.25, 0.3) is 0 Å². The maximum Gasteiger partial charge on any atom is 0.364 e. The second kappa shape index (κ2) is 12.2. The maximum atomic E-state index is 11.7. The van der Waals surface area contributed by atoms with Crippen LogP contribution in [0.5, 0.6) is 0 Å². The topological polar surface area (TPSA) is 42.9 Å². The van der Waals surface area contributed by atoms with E-state index in [-0.39, 0.29) is 12.0 Å². The van der Waals surface area contributed by atoms with Crippen LogP contribution in [0.4, 0.5) is 0 Å². The summed E-state index contributed by atoms with van der Waals surface area (Å²) in [5.74, 6) is 0.0124. The Balaban J connectivity index is 1.77. The second-order valence-electron chi connectivity index (χ2n) is 6.12. The van der Waals surface area contributed by atoms with Crippen molar-refractivity contribution in [2.24, 2.45) is 0 Å². The lowest BCUT2D eigenvalue weighted by atomic mass is 10.1. The first-order valence-corrected chi connectivity index (χ1v) is 8.84. The number of carbonyl (C=O) groups is 1. The van der Waals surface area contributed by atoms with E-state index in [1.54, 1.807) is 0 Å². The standard InChI is InChI=1S/C17H33NO2/c1-2-3-4-5-6-7-8-9-10-11-15-20-17(19)16-13-12-14-18-16/h16,18H,2-15H2,1H3/p+1. The van der Waals surface area contributed by atoms with Crippen LogP contribution in [0.1, 0.15) is 84.0 Å². The Bertz CT molecular complexity index is 237. The van der Waals surface area contributed by atoms with Crippen molar-refractivity contribution >= 4 is 5.97 Å². The minimum absolute atomic E-state index is 0.0124. The summed E-state index contributed by atoms with van der Waals surface area (Å²) in [5, 5.41) is 2.11. The Morgan fingerprint density at radius 3 is 2.15 bits per heavy atom. The molecule has 0 saturated carbocycles. The van der Waals surface area contributed by atoms with Crippen LogP contribution in [0, 0.1) is 0 Å². The summed E-state index contributed by atoms with van der Waals surface area (Å²) >= 11 is 0. The molecule has 0 amide bonds. The Morgan fingerprint density at radius 1 is 1.00 bits per heavy atom. The van der Waals surface area contributed by atoms with Gasteiger partial charge in [-0.1, -0.05) is 64.7 Å².